The Bertz CT molecular complexity index is 515. The van der Waals surface area contributed by atoms with E-state index in [-0.39, 0.29) is 5.82 Å². The zero-order valence-corrected chi connectivity index (χ0v) is 9.56. The molecule has 2 rings (SSSR count). The van der Waals surface area contributed by atoms with E-state index in [1.807, 2.05) is 36.4 Å². The molecule has 2 aromatic rings. The maximum absolute atomic E-state index is 12.7. The Kier molecular flexibility index (Phi) is 3.55. The molecule has 0 spiro atoms. The van der Waals surface area contributed by atoms with E-state index in [0.29, 0.717) is 0 Å². The molecule has 0 N–H and O–H groups in total. The van der Waals surface area contributed by atoms with Crippen LogP contribution < -0.4 is 4.74 Å². The van der Waals surface area contributed by atoms with Gasteiger partial charge in [0.25, 0.3) is 0 Å². The second-order valence-electron chi connectivity index (χ2n) is 3.63. The summed E-state index contributed by atoms with van der Waals surface area (Å²) in [5, 5.41) is 0. The molecule has 0 amide bonds. The van der Waals surface area contributed by atoms with Crippen LogP contribution in [0, 0.1) is 5.82 Å². The minimum absolute atomic E-state index is 0.223. The predicted octanol–water partition coefficient (Wildman–Crippen LogP) is 4.00. The van der Waals surface area contributed by atoms with Crippen LogP contribution >= 0.6 is 0 Å². The van der Waals surface area contributed by atoms with E-state index in [4.69, 9.17) is 4.74 Å². The van der Waals surface area contributed by atoms with Crippen LogP contribution in [0.2, 0.25) is 0 Å². The first kappa shape index (κ1) is 11.4. The number of halogens is 1. The molecule has 0 unspecified atom stereocenters. The van der Waals surface area contributed by atoms with Crippen molar-refractivity contribution < 1.29 is 9.13 Å². The summed E-state index contributed by atoms with van der Waals surface area (Å²) >= 11 is 0. The van der Waals surface area contributed by atoms with E-state index >= 15 is 0 Å². The highest BCUT2D eigenvalue weighted by atomic mass is 19.1. The van der Waals surface area contributed by atoms with Crippen molar-refractivity contribution in [2.75, 3.05) is 7.11 Å². The lowest BCUT2D eigenvalue weighted by atomic mass is 10.1. The summed E-state index contributed by atoms with van der Waals surface area (Å²) in [5.74, 6) is 0.602. The zero-order valence-electron chi connectivity index (χ0n) is 9.56. The van der Waals surface area contributed by atoms with E-state index in [1.165, 1.54) is 12.1 Å². The molecule has 17 heavy (non-hydrogen) atoms. The SMILES string of the molecule is COc1ccccc1C=Cc1ccc(F)cc1. The Morgan fingerprint density at radius 3 is 2.35 bits per heavy atom. The standard InChI is InChI=1S/C15H13FO/c1-17-15-5-3-2-4-13(15)9-6-12-7-10-14(16)11-8-12/h2-11H,1H3. The molecule has 0 aliphatic rings. The van der Waals surface area contributed by atoms with E-state index in [9.17, 15) is 4.39 Å². The van der Waals surface area contributed by atoms with Crippen molar-refractivity contribution in [1.82, 2.24) is 0 Å². The van der Waals surface area contributed by atoms with E-state index in [2.05, 4.69) is 0 Å². The number of rotatable bonds is 3. The predicted molar refractivity (Wildman–Crippen MR) is 68.3 cm³/mol. The second kappa shape index (κ2) is 5.30. The Balaban J connectivity index is 2.22. The van der Waals surface area contributed by atoms with Crippen LogP contribution in [-0.2, 0) is 0 Å². The lowest BCUT2D eigenvalue weighted by Gasteiger charge is -2.03. The van der Waals surface area contributed by atoms with Crippen LogP contribution in [0.1, 0.15) is 11.1 Å². The van der Waals surface area contributed by atoms with Crippen LogP contribution in [0.4, 0.5) is 4.39 Å². The molecule has 0 fully saturated rings. The summed E-state index contributed by atoms with van der Waals surface area (Å²) in [6.45, 7) is 0. The molecule has 0 aliphatic heterocycles. The van der Waals surface area contributed by atoms with Crippen molar-refractivity contribution in [3.05, 3.63) is 65.5 Å². The Morgan fingerprint density at radius 2 is 1.65 bits per heavy atom. The molecule has 0 saturated carbocycles. The lowest BCUT2D eigenvalue weighted by Crippen LogP contribution is -1.85. The van der Waals surface area contributed by atoms with Gasteiger partial charge in [-0.2, -0.15) is 0 Å². The highest BCUT2D eigenvalue weighted by molar-refractivity contribution is 5.72. The van der Waals surface area contributed by atoms with Crippen molar-refractivity contribution in [2.45, 2.75) is 0 Å². The van der Waals surface area contributed by atoms with Gasteiger partial charge < -0.3 is 4.74 Å². The first-order valence-corrected chi connectivity index (χ1v) is 5.36. The monoisotopic (exact) mass is 228 g/mol. The molecule has 0 bridgehead atoms. The molecule has 2 heteroatoms. The van der Waals surface area contributed by atoms with Crippen LogP contribution in [0.3, 0.4) is 0 Å². The molecule has 0 radical (unpaired) electrons. The van der Waals surface area contributed by atoms with Gasteiger partial charge in [0.1, 0.15) is 11.6 Å². The van der Waals surface area contributed by atoms with Crippen LogP contribution in [0.5, 0.6) is 5.75 Å². The summed E-state index contributed by atoms with van der Waals surface area (Å²) in [6, 6.07) is 14.1. The molecule has 0 aromatic heterocycles. The minimum Gasteiger partial charge on any atom is -0.496 e. The molecule has 2 aromatic carbocycles. The quantitative estimate of drug-likeness (QED) is 0.721. The molecule has 1 nitrogen and oxygen atoms in total. The van der Waals surface area contributed by atoms with Crippen molar-refractivity contribution in [3.8, 4) is 5.75 Å². The highest BCUT2D eigenvalue weighted by Crippen LogP contribution is 2.19. The van der Waals surface area contributed by atoms with Gasteiger partial charge in [-0.1, -0.05) is 42.5 Å². The number of hydrogen-bond acceptors (Lipinski definition) is 1. The van der Waals surface area contributed by atoms with Gasteiger partial charge in [-0.05, 0) is 23.8 Å². The lowest BCUT2D eigenvalue weighted by molar-refractivity contribution is 0.414. The van der Waals surface area contributed by atoms with Crippen molar-refractivity contribution >= 4 is 12.2 Å². The van der Waals surface area contributed by atoms with Crippen LogP contribution in [0.15, 0.2) is 48.5 Å². The summed E-state index contributed by atoms with van der Waals surface area (Å²) < 4.78 is 18.0. The van der Waals surface area contributed by atoms with E-state index in [0.717, 1.165) is 16.9 Å². The number of hydrogen-bond donors (Lipinski definition) is 0. The summed E-state index contributed by atoms with van der Waals surface area (Å²) in [6.07, 6.45) is 3.88. The summed E-state index contributed by atoms with van der Waals surface area (Å²) in [5.41, 5.74) is 1.96. The smallest absolute Gasteiger partial charge is 0.126 e. The number of benzene rings is 2. The third kappa shape index (κ3) is 2.94. The Hall–Kier alpha value is -2.09. The normalized spacial score (nSPS) is 10.7. The molecule has 86 valence electrons. The maximum atomic E-state index is 12.7. The molecule has 0 atom stereocenters. The fourth-order valence-corrected chi connectivity index (χ4v) is 1.56. The molecule has 0 aliphatic carbocycles. The Morgan fingerprint density at radius 1 is 0.941 bits per heavy atom. The van der Waals surface area contributed by atoms with E-state index < -0.39 is 0 Å². The molecular formula is C15H13FO. The average molecular weight is 228 g/mol. The first-order valence-electron chi connectivity index (χ1n) is 5.36. The van der Waals surface area contributed by atoms with Gasteiger partial charge >= 0.3 is 0 Å². The molecule has 0 heterocycles. The topological polar surface area (TPSA) is 9.23 Å². The summed E-state index contributed by atoms with van der Waals surface area (Å²) in [7, 11) is 1.64. The molecule has 0 saturated heterocycles. The van der Waals surface area contributed by atoms with Gasteiger partial charge in [-0.25, -0.2) is 4.39 Å². The number of para-hydroxylation sites is 1. The van der Waals surface area contributed by atoms with Gasteiger partial charge in [0.2, 0.25) is 0 Å². The van der Waals surface area contributed by atoms with Crippen molar-refractivity contribution in [1.29, 1.82) is 0 Å². The second-order valence-corrected chi connectivity index (χ2v) is 3.63. The minimum atomic E-state index is -0.223. The van der Waals surface area contributed by atoms with Crippen molar-refractivity contribution in [2.24, 2.45) is 0 Å². The number of ether oxygens (including phenoxy) is 1. The Labute approximate surface area is 100 Å². The third-order valence-corrected chi connectivity index (χ3v) is 2.46. The van der Waals surface area contributed by atoms with Gasteiger partial charge in [0, 0.05) is 5.56 Å². The van der Waals surface area contributed by atoms with E-state index in [1.54, 1.807) is 19.2 Å². The molecular weight excluding hydrogens is 215 g/mol. The average Bonchev–Trinajstić information content (AvgIpc) is 2.38. The van der Waals surface area contributed by atoms with Crippen LogP contribution in [-0.4, -0.2) is 7.11 Å². The zero-order chi connectivity index (χ0) is 12.1. The summed E-state index contributed by atoms with van der Waals surface area (Å²) in [4.78, 5) is 0. The maximum Gasteiger partial charge on any atom is 0.126 e. The van der Waals surface area contributed by atoms with Gasteiger partial charge in [-0.3, -0.25) is 0 Å². The van der Waals surface area contributed by atoms with Gasteiger partial charge in [0.05, 0.1) is 7.11 Å². The van der Waals surface area contributed by atoms with Crippen LogP contribution in [0.25, 0.3) is 12.2 Å². The largest absolute Gasteiger partial charge is 0.496 e. The van der Waals surface area contributed by atoms with Crippen molar-refractivity contribution in [3.63, 3.8) is 0 Å². The fraction of sp³-hybridized carbons (Fsp3) is 0.0667. The van der Waals surface area contributed by atoms with Gasteiger partial charge in [-0.15, -0.1) is 0 Å². The van der Waals surface area contributed by atoms with Gasteiger partial charge in [0.15, 0.2) is 0 Å². The first-order chi connectivity index (χ1) is 8.29. The third-order valence-electron chi connectivity index (χ3n) is 2.46. The fourth-order valence-electron chi connectivity index (χ4n) is 1.56. The number of methoxy groups -OCH3 is 1. The highest BCUT2D eigenvalue weighted by Gasteiger charge is 1.96.